The summed E-state index contributed by atoms with van der Waals surface area (Å²) in [5.41, 5.74) is 2.44. The second-order valence-corrected chi connectivity index (χ2v) is 6.22. The number of imidazole rings is 1. The van der Waals surface area contributed by atoms with Crippen LogP contribution in [-0.4, -0.2) is 14.7 Å². The molecule has 0 aliphatic rings. The third kappa shape index (κ3) is 3.04. The zero-order valence-electron chi connectivity index (χ0n) is 13.2. The van der Waals surface area contributed by atoms with Gasteiger partial charge in [-0.3, -0.25) is 0 Å². The van der Waals surface area contributed by atoms with Crippen LogP contribution in [0.1, 0.15) is 31.7 Å². The Morgan fingerprint density at radius 1 is 1.00 bits per heavy atom. The first-order chi connectivity index (χ1) is 10.6. The molecule has 22 heavy (non-hydrogen) atoms. The summed E-state index contributed by atoms with van der Waals surface area (Å²) in [6, 6.07) is 18.6. The van der Waals surface area contributed by atoms with Crippen molar-refractivity contribution in [2.45, 2.75) is 38.8 Å². The summed E-state index contributed by atoms with van der Waals surface area (Å²) in [6.07, 6.45) is 2.05. The van der Waals surface area contributed by atoms with Crippen molar-refractivity contribution in [1.29, 1.82) is 0 Å². The Bertz CT molecular complexity index is 754. The minimum atomic E-state index is -0.939. The van der Waals surface area contributed by atoms with Gasteiger partial charge in [-0.2, -0.15) is 0 Å². The third-order valence-electron chi connectivity index (χ3n) is 3.89. The Labute approximate surface area is 131 Å². The molecule has 0 saturated carbocycles. The molecule has 0 aliphatic heterocycles. The molecule has 0 fully saturated rings. The van der Waals surface area contributed by atoms with Gasteiger partial charge in [0.1, 0.15) is 11.4 Å². The second kappa shape index (κ2) is 5.93. The lowest BCUT2D eigenvalue weighted by Crippen LogP contribution is -2.22. The number of para-hydroxylation sites is 2. The average Bonchev–Trinajstić information content (AvgIpc) is 2.88. The van der Waals surface area contributed by atoms with Crippen molar-refractivity contribution < 1.29 is 5.11 Å². The molecule has 1 aromatic heterocycles. The van der Waals surface area contributed by atoms with Crippen LogP contribution in [0.25, 0.3) is 11.0 Å². The highest BCUT2D eigenvalue weighted by molar-refractivity contribution is 5.76. The van der Waals surface area contributed by atoms with Crippen LogP contribution in [-0.2, 0) is 18.6 Å². The molecule has 2 aromatic carbocycles. The summed E-state index contributed by atoms with van der Waals surface area (Å²) in [6.45, 7) is 4.44. The van der Waals surface area contributed by atoms with E-state index in [1.165, 1.54) is 5.56 Å². The first kappa shape index (κ1) is 14.8. The molecule has 0 unspecified atom stereocenters. The molecule has 1 heterocycles. The van der Waals surface area contributed by atoms with Gasteiger partial charge in [-0.05, 0) is 44.4 Å². The quantitative estimate of drug-likeness (QED) is 0.775. The standard InChI is InChI=1S/C19H22N2O/c1-19(2,22)18-20-16-12-6-7-13-17(16)21(18)14-8-11-15-9-4-3-5-10-15/h3-7,9-10,12-13,22H,8,11,14H2,1-2H3. The normalized spacial score (nSPS) is 12.0. The fourth-order valence-corrected chi connectivity index (χ4v) is 2.85. The lowest BCUT2D eigenvalue weighted by Gasteiger charge is -2.19. The number of aromatic nitrogens is 2. The van der Waals surface area contributed by atoms with Crippen LogP contribution in [0.4, 0.5) is 0 Å². The molecule has 3 aromatic rings. The first-order valence-corrected chi connectivity index (χ1v) is 7.78. The Hall–Kier alpha value is -2.13. The van der Waals surface area contributed by atoms with Gasteiger partial charge in [0.25, 0.3) is 0 Å². The molecule has 0 radical (unpaired) electrons. The molecular formula is C19H22N2O. The molecular weight excluding hydrogens is 272 g/mol. The molecule has 1 N–H and O–H groups in total. The van der Waals surface area contributed by atoms with Crippen molar-refractivity contribution >= 4 is 11.0 Å². The number of hydrogen-bond acceptors (Lipinski definition) is 2. The van der Waals surface area contributed by atoms with Crippen LogP contribution >= 0.6 is 0 Å². The summed E-state index contributed by atoms with van der Waals surface area (Å²) in [7, 11) is 0. The average molecular weight is 294 g/mol. The van der Waals surface area contributed by atoms with E-state index in [0.717, 1.165) is 36.2 Å². The molecule has 3 heteroatoms. The molecule has 0 amide bonds. The number of fused-ring (bicyclic) bond motifs is 1. The lowest BCUT2D eigenvalue weighted by molar-refractivity contribution is 0.0651. The summed E-state index contributed by atoms with van der Waals surface area (Å²) >= 11 is 0. The number of nitrogens with zero attached hydrogens (tertiary/aromatic N) is 2. The van der Waals surface area contributed by atoms with E-state index in [1.807, 2.05) is 24.3 Å². The number of rotatable bonds is 5. The largest absolute Gasteiger partial charge is 0.383 e. The highest BCUT2D eigenvalue weighted by atomic mass is 16.3. The fourth-order valence-electron chi connectivity index (χ4n) is 2.85. The number of benzene rings is 2. The Balaban J connectivity index is 1.85. The highest BCUT2D eigenvalue weighted by Gasteiger charge is 2.24. The van der Waals surface area contributed by atoms with E-state index in [-0.39, 0.29) is 0 Å². The topological polar surface area (TPSA) is 38.1 Å². The van der Waals surface area contributed by atoms with E-state index >= 15 is 0 Å². The molecule has 3 rings (SSSR count). The maximum absolute atomic E-state index is 10.4. The van der Waals surface area contributed by atoms with Crippen molar-refractivity contribution in [3.8, 4) is 0 Å². The maximum Gasteiger partial charge on any atom is 0.141 e. The molecule has 3 nitrogen and oxygen atoms in total. The van der Waals surface area contributed by atoms with Gasteiger partial charge < -0.3 is 9.67 Å². The minimum absolute atomic E-state index is 0.738. The first-order valence-electron chi connectivity index (χ1n) is 7.78. The smallest absolute Gasteiger partial charge is 0.141 e. The van der Waals surface area contributed by atoms with Crippen LogP contribution in [0.5, 0.6) is 0 Å². The van der Waals surface area contributed by atoms with Gasteiger partial charge >= 0.3 is 0 Å². The maximum atomic E-state index is 10.4. The predicted molar refractivity (Wildman–Crippen MR) is 89.7 cm³/mol. The van der Waals surface area contributed by atoms with E-state index in [0.29, 0.717) is 0 Å². The van der Waals surface area contributed by atoms with E-state index in [2.05, 4.69) is 39.9 Å². The van der Waals surface area contributed by atoms with Crippen molar-refractivity contribution in [3.63, 3.8) is 0 Å². The van der Waals surface area contributed by atoms with Gasteiger partial charge in [-0.25, -0.2) is 4.98 Å². The number of aryl methyl sites for hydroxylation is 2. The molecule has 0 bridgehead atoms. The minimum Gasteiger partial charge on any atom is -0.383 e. The molecule has 0 aliphatic carbocycles. The van der Waals surface area contributed by atoms with Gasteiger partial charge in [-0.15, -0.1) is 0 Å². The van der Waals surface area contributed by atoms with Crippen molar-refractivity contribution in [1.82, 2.24) is 9.55 Å². The lowest BCUT2D eigenvalue weighted by atomic mass is 10.1. The third-order valence-corrected chi connectivity index (χ3v) is 3.89. The second-order valence-electron chi connectivity index (χ2n) is 6.22. The van der Waals surface area contributed by atoms with E-state index in [4.69, 9.17) is 0 Å². The van der Waals surface area contributed by atoms with E-state index in [1.54, 1.807) is 13.8 Å². The monoisotopic (exact) mass is 294 g/mol. The van der Waals surface area contributed by atoms with Crippen LogP contribution in [0, 0.1) is 0 Å². The molecule has 114 valence electrons. The summed E-state index contributed by atoms with van der Waals surface area (Å²) in [5, 5.41) is 10.4. The van der Waals surface area contributed by atoms with Crippen LogP contribution < -0.4 is 0 Å². The molecule has 0 saturated heterocycles. The highest BCUT2D eigenvalue weighted by Crippen LogP contribution is 2.25. The zero-order valence-corrected chi connectivity index (χ0v) is 13.2. The van der Waals surface area contributed by atoms with Gasteiger partial charge in [-0.1, -0.05) is 42.5 Å². The summed E-state index contributed by atoms with van der Waals surface area (Å²) < 4.78 is 2.15. The van der Waals surface area contributed by atoms with Crippen molar-refractivity contribution in [2.75, 3.05) is 0 Å². The van der Waals surface area contributed by atoms with Gasteiger partial charge in [0, 0.05) is 6.54 Å². The number of hydrogen-bond donors (Lipinski definition) is 1. The van der Waals surface area contributed by atoms with Gasteiger partial charge in [0.15, 0.2) is 0 Å². The van der Waals surface area contributed by atoms with E-state index < -0.39 is 5.60 Å². The summed E-state index contributed by atoms with van der Waals surface area (Å²) in [5.74, 6) is 0.738. The van der Waals surface area contributed by atoms with Crippen molar-refractivity contribution in [3.05, 3.63) is 66.0 Å². The van der Waals surface area contributed by atoms with E-state index in [9.17, 15) is 5.11 Å². The predicted octanol–water partition coefficient (Wildman–Crippen LogP) is 3.90. The van der Waals surface area contributed by atoms with Crippen LogP contribution in [0.3, 0.4) is 0 Å². The molecule has 0 spiro atoms. The zero-order chi connectivity index (χ0) is 15.6. The Morgan fingerprint density at radius 3 is 2.41 bits per heavy atom. The van der Waals surface area contributed by atoms with Gasteiger partial charge in [0.05, 0.1) is 11.0 Å². The number of aliphatic hydroxyl groups is 1. The Kier molecular flexibility index (Phi) is 3.99. The molecule has 0 atom stereocenters. The van der Waals surface area contributed by atoms with Crippen LogP contribution in [0.15, 0.2) is 54.6 Å². The van der Waals surface area contributed by atoms with Crippen LogP contribution in [0.2, 0.25) is 0 Å². The SMILES string of the molecule is CC(C)(O)c1nc2ccccc2n1CCCc1ccccc1. The Morgan fingerprint density at radius 2 is 1.68 bits per heavy atom. The summed E-state index contributed by atoms with van der Waals surface area (Å²) in [4.78, 5) is 4.62. The van der Waals surface area contributed by atoms with Gasteiger partial charge in [0.2, 0.25) is 0 Å². The fraction of sp³-hybridized carbons (Fsp3) is 0.316. The van der Waals surface area contributed by atoms with Crippen molar-refractivity contribution in [2.24, 2.45) is 0 Å².